The van der Waals surface area contributed by atoms with Crippen LogP contribution >= 0.6 is 0 Å². The van der Waals surface area contributed by atoms with Gasteiger partial charge < -0.3 is 20.1 Å². The predicted molar refractivity (Wildman–Crippen MR) is 94.2 cm³/mol. The van der Waals surface area contributed by atoms with E-state index in [0.717, 1.165) is 12.8 Å². The maximum absolute atomic E-state index is 12.3. The Balaban J connectivity index is 1.61. The first-order valence-corrected chi connectivity index (χ1v) is 8.26. The fraction of sp³-hybridized carbons (Fsp3) is 0.263. The van der Waals surface area contributed by atoms with E-state index >= 15 is 0 Å². The highest BCUT2D eigenvalue weighted by Gasteiger charge is 2.15. The molecule has 2 amide bonds. The van der Waals surface area contributed by atoms with E-state index in [1.165, 1.54) is 0 Å². The highest BCUT2D eigenvalue weighted by molar-refractivity contribution is 6.05. The SMILES string of the molecule is CCCCNC(=O)c1ccc(C(=O)Nc2ccc3c(c2)OCO3)cc1. The number of fused-ring (bicyclic) bond motifs is 1. The monoisotopic (exact) mass is 340 g/mol. The van der Waals surface area contributed by atoms with Gasteiger partial charge in [-0.2, -0.15) is 0 Å². The minimum absolute atomic E-state index is 0.129. The molecule has 2 N–H and O–H groups in total. The molecule has 1 heterocycles. The van der Waals surface area contributed by atoms with Gasteiger partial charge >= 0.3 is 0 Å². The van der Waals surface area contributed by atoms with Crippen LogP contribution in [0, 0.1) is 0 Å². The largest absolute Gasteiger partial charge is 0.454 e. The van der Waals surface area contributed by atoms with E-state index in [0.29, 0.717) is 34.9 Å². The van der Waals surface area contributed by atoms with Crippen LogP contribution in [-0.4, -0.2) is 25.2 Å². The van der Waals surface area contributed by atoms with Crippen molar-refractivity contribution in [2.75, 3.05) is 18.7 Å². The molecule has 0 saturated carbocycles. The second-order valence-electron chi connectivity index (χ2n) is 5.71. The molecule has 25 heavy (non-hydrogen) atoms. The highest BCUT2D eigenvalue weighted by Crippen LogP contribution is 2.34. The fourth-order valence-corrected chi connectivity index (χ4v) is 2.43. The quantitative estimate of drug-likeness (QED) is 0.792. The van der Waals surface area contributed by atoms with Gasteiger partial charge in [-0.3, -0.25) is 9.59 Å². The van der Waals surface area contributed by atoms with E-state index in [1.54, 1.807) is 42.5 Å². The first-order chi connectivity index (χ1) is 12.2. The smallest absolute Gasteiger partial charge is 0.255 e. The summed E-state index contributed by atoms with van der Waals surface area (Å²) in [7, 11) is 0. The molecule has 1 aliphatic rings. The van der Waals surface area contributed by atoms with Crippen molar-refractivity contribution in [3.8, 4) is 11.5 Å². The van der Waals surface area contributed by atoms with Gasteiger partial charge in [0.25, 0.3) is 11.8 Å². The Kier molecular flexibility index (Phi) is 5.18. The van der Waals surface area contributed by atoms with Crippen molar-refractivity contribution in [2.24, 2.45) is 0 Å². The minimum atomic E-state index is -0.253. The predicted octanol–water partition coefficient (Wildman–Crippen LogP) is 3.20. The highest BCUT2D eigenvalue weighted by atomic mass is 16.7. The third-order valence-corrected chi connectivity index (χ3v) is 3.86. The van der Waals surface area contributed by atoms with Crippen LogP contribution in [0.2, 0.25) is 0 Å². The molecule has 0 fully saturated rings. The van der Waals surface area contributed by atoms with Crippen molar-refractivity contribution in [2.45, 2.75) is 19.8 Å². The van der Waals surface area contributed by atoms with Gasteiger partial charge in [0.05, 0.1) is 0 Å². The lowest BCUT2D eigenvalue weighted by Crippen LogP contribution is -2.24. The molecule has 3 rings (SSSR count). The van der Waals surface area contributed by atoms with Crippen LogP contribution in [0.3, 0.4) is 0 Å². The van der Waals surface area contributed by atoms with Crippen molar-refractivity contribution in [3.63, 3.8) is 0 Å². The van der Waals surface area contributed by atoms with Crippen LogP contribution in [0.15, 0.2) is 42.5 Å². The maximum Gasteiger partial charge on any atom is 0.255 e. The number of hydrogen-bond acceptors (Lipinski definition) is 4. The van der Waals surface area contributed by atoms with Crippen molar-refractivity contribution in [3.05, 3.63) is 53.6 Å². The van der Waals surface area contributed by atoms with Crippen LogP contribution in [0.25, 0.3) is 0 Å². The number of unbranched alkanes of at least 4 members (excludes halogenated alkanes) is 1. The molecule has 0 spiro atoms. The summed E-state index contributed by atoms with van der Waals surface area (Å²) in [6, 6.07) is 11.8. The second kappa shape index (κ2) is 7.70. The van der Waals surface area contributed by atoms with Gasteiger partial charge in [-0.1, -0.05) is 13.3 Å². The van der Waals surface area contributed by atoms with Crippen LogP contribution in [0.1, 0.15) is 40.5 Å². The molecule has 6 nitrogen and oxygen atoms in total. The van der Waals surface area contributed by atoms with Crippen LogP contribution < -0.4 is 20.1 Å². The molecule has 1 aliphatic heterocycles. The van der Waals surface area contributed by atoms with Crippen molar-refractivity contribution in [1.82, 2.24) is 5.32 Å². The molecule has 130 valence electrons. The molecule has 0 bridgehead atoms. The van der Waals surface area contributed by atoms with Gasteiger partial charge in [0.2, 0.25) is 6.79 Å². The lowest BCUT2D eigenvalue weighted by Gasteiger charge is -2.08. The average Bonchev–Trinajstić information content (AvgIpc) is 3.09. The van der Waals surface area contributed by atoms with Crippen LogP contribution in [0.4, 0.5) is 5.69 Å². The van der Waals surface area contributed by atoms with E-state index in [9.17, 15) is 9.59 Å². The molecule has 6 heteroatoms. The Labute approximate surface area is 146 Å². The summed E-state index contributed by atoms with van der Waals surface area (Å²) < 4.78 is 10.5. The first-order valence-electron chi connectivity index (χ1n) is 8.26. The summed E-state index contributed by atoms with van der Waals surface area (Å²) in [5, 5.41) is 5.65. The number of benzene rings is 2. The van der Waals surface area contributed by atoms with Crippen molar-refractivity contribution in [1.29, 1.82) is 0 Å². The summed E-state index contributed by atoms with van der Waals surface area (Å²) in [6.07, 6.45) is 1.97. The Morgan fingerprint density at radius 3 is 2.36 bits per heavy atom. The molecule has 0 atom stereocenters. The number of carbonyl (C=O) groups is 2. The summed E-state index contributed by atoms with van der Waals surface area (Å²) in [6.45, 7) is 2.91. The lowest BCUT2D eigenvalue weighted by atomic mass is 10.1. The number of hydrogen-bond donors (Lipinski definition) is 2. The third kappa shape index (κ3) is 4.09. The van der Waals surface area contributed by atoms with Gasteiger partial charge in [-0.25, -0.2) is 0 Å². The van der Waals surface area contributed by atoms with E-state index in [1.807, 2.05) is 0 Å². The first kappa shape index (κ1) is 16.8. The van der Waals surface area contributed by atoms with Gasteiger partial charge in [0.1, 0.15) is 0 Å². The summed E-state index contributed by atoms with van der Waals surface area (Å²) in [5.74, 6) is 0.890. The number of nitrogens with one attached hydrogen (secondary N) is 2. The van der Waals surface area contributed by atoms with Crippen LogP contribution in [0.5, 0.6) is 11.5 Å². The van der Waals surface area contributed by atoms with Gasteiger partial charge in [0, 0.05) is 29.4 Å². The van der Waals surface area contributed by atoms with Crippen molar-refractivity contribution >= 4 is 17.5 Å². The third-order valence-electron chi connectivity index (χ3n) is 3.86. The van der Waals surface area contributed by atoms with E-state index < -0.39 is 0 Å². The molecule has 0 radical (unpaired) electrons. The Morgan fingerprint density at radius 2 is 1.64 bits per heavy atom. The Hall–Kier alpha value is -3.02. The molecule has 0 unspecified atom stereocenters. The number of ether oxygens (including phenoxy) is 2. The zero-order valence-corrected chi connectivity index (χ0v) is 14.0. The molecule has 0 aliphatic carbocycles. The number of rotatable bonds is 6. The lowest BCUT2D eigenvalue weighted by molar-refractivity contribution is 0.0951. The van der Waals surface area contributed by atoms with Crippen molar-refractivity contribution < 1.29 is 19.1 Å². The average molecular weight is 340 g/mol. The molecular formula is C19H20N2O4. The standard InChI is InChI=1S/C19H20N2O4/c1-2-3-10-20-18(22)13-4-6-14(7-5-13)19(23)21-15-8-9-16-17(11-15)25-12-24-16/h4-9,11H,2-3,10,12H2,1H3,(H,20,22)(H,21,23). The maximum atomic E-state index is 12.3. The minimum Gasteiger partial charge on any atom is -0.454 e. The van der Waals surface area contributed by atoms with E-state index in [4.69, 9.17) is 9.47 Å². The zero-order chi connectivity index (χ0) is 17.6. The molecule has 2 aromatic rings. The summed E-state index contributed by atoms with van der Waals surface area (Å²) in [4.78, 5) is 24.3. The normalized spacial score (nSPS) is 11.9. The topological polar surface area (TPSA) is 76.7 Å². The number of anilines is 1. The van der Waals surface area contributed by atoms with E-state index in [2.05, 4.69) is 17.6 Å². The van der Waals surface area contributed by atoms with Crippen LogP contribution in [-0.2, 0) is 0 Å². The number of amides is 2. The van der Waals surface area contributed by atoms with Gasteiger partial charge in [-0.15, -0.1) is 0 Å². The van der Waals surface area contributed by atoms with E-state index in [-0.39, 0.29) is 18.6 Å². The number of carbonyl (C=O) groups excluding carboxylic acids is 2. The Bertz CT molecular complexity index is 771. The molecule has 0 aromatic heterocycles. The molecule has 2 aromatic carbocycles. The Morgan fingerprint density at radius 1 is 0.960 bits per heavy atom. The molecule has 0 saturated heterocycles. The summed E-state index contributed by atoms with van der Waals surface area (Å²) >= 11 is 0. The molecular weight excluding hydrogens is 320 g/mol. The van der Waals surface area contributed by atoms with Gasteiger partial charge in [0.15, 0.2) is 11.5 Å². The zero-order valence-electron chi connectivity index (χ0n) is 14.0. The fourth-order valence-electron chi connectivity index (χ4n) is 2.43. The second-order valence-corrected chi connectivity index (χ2v) is 5.71. The van der Waals surface area contributed by atoms with Gasteiger partial charge in [-0.05, 0) is 42.8 Å². The summed E-state index contributed by atoms with van der Waals surface area (Å²) in [5.41, 5.74) is 1.63.